The van der Waals surface area contributed by atoms with Crippen LogP contribution < -0.4 is 5.73 Å². The van der Waals surface area contributed by atoms with Crippen molar-refractivity contribution in [2.45, 2.75) is 31.4 Å². The fourth-order valence-electron chi connectivity index (χ4n) is 2.98. The molecule has 0 radical (unpaired) electrons. The summed E-state index contributed by atoms with van der Waals surface area (Å²) in [6.45, 7) is 4.77. The molecule has 3 atom stereocenters. The van der Waals surface area contributed by atoms with Crippen LogP contribution in [0.4, 0.5) is 0 Å². The van der Waals surface area contributed by atoms with Gasteiger partial charge in [0.15, 0.2) is 0 Å². The maximum Gasteiger partial charge on any atom is 0.0743 e. The van der Waals surface area contributed by atoms with E-state index < -0.39 is 0 Å². The Labute approximate surface area is 98.1 Å². The van der Waals surface area contributed by atoms with Crippen molar-refractivity contribution in [1.82, 2.24) is 4.90 Å². The molecule has 0 aliphatic carbocycles. The van der Waals surface area contributed by atoms with Crippen LogP contribution in [0, 0.1) is 5.92 Å². The van der Waals surface area contributed by atoms with Crippen LogP contribution in [0.1, 0.15) is 19.3 Å². The lowest BCUT2D eigenvalue weighted by Gasteiger charge is -2.31. The van der Waals surface area contributed by atoms with E-state index in [4.69, 9.17) is 15.2 Å². The van der Waals surface area contributed by atoms with E-state index in [9.17, 15) is 0 Å². The summed E-state index contributed by atoms with van der Waals surface area (Å²) in [5, 5.41) is 0. The van der Waals surface area contributed by atoms with E-state index in [1.807, 2.05) is 0 Å². The number of rotatable bonds is 5. The molecule has 2 aliphatic heterocycles. The Balaban J connectivity index is 1.85. The molecule has 2 rings (SSSR count). The van der Waals surface area contributed by atoms with E-state index in [-0.39, 0.29) is 0 Å². The van der Waals surface area contributed by atoms with E-state index in [1.165, 1.54) is 19.3 Å². The van der Waals surface area contributed by atoms with E-state index >= 15 is 0 Å². The van der Waals surface area contributed by atoms with Gasteiger partial charge in [-0.25, -0.2) is 0 Å². The molecule has 94 valence electrons. The highest BCUT2D eigenvalue weighted by Crippen LogP contribution is 2.25. The van der Waals surface area contributed by atoms with Gasteiger partial charge in [0.25, 0.3) is 0 Å². The lowest BCUT2D eigenvalue weighted by atomic mass is 10.1. The first-order chi connectivity index (χ1) is 7.85. The minimum Gasteiger partial charge on any atom is -0.384 e. The summed E-state index contributed by atoms with van der Waals surface area (Å²) in [4.78, 5) is 2.50. The fraction of sp³-hybridized carbons (Fsp3) is 1.00. The SMILES string of the molecule is COCC1CCN(C(CN)C2CCCO2)C1. The highest BCUT2D eigenvalue weighted by atomic mass is 16.5. The average molecular weight is 228 g/mol. The van der Waals surface area contributed by atoms with Crippen LogP contribution in [0.5, 0.6) is 0 Å². The minimum absolute atomic E-state index is 0.367. The summed E-state index contributed by atoms with van der Waals surface area (Å²) >= 11 is 0. The zero-order valence-electron chi connectivity index (χ0n) is 10.2. The maximum atomic E-state index is 5.90. The van der Waals surface area contributed by atoms with Gasteiger partial charge in [-0.2, -0.15) is 0 Å². The van der Waals surface area contributed by atoms with Crippen LogP contribution in [0.2, 0.25) is 0 Å². The number of nitrogens with two attached hydrogens (primary N) is 1. The Morgan fingerprint density at radius 3 is 3.00 bits per heavy atom. The molecule has 0 aromatic carbocycles. The smallest absolute Gasteiger partial charge is 0.0743 e. The lowest BCUT2D eigenvalue weighted by molar-refractivity contribution is 0.0333. The van der Waals surface area contributed by atoms with Gasteiger partial charge in [-0.05, 0) is 31.7 Å². The van der Waals surface area contributed by atoms with Gasteiger partial charge in [0.1, 0.15) is 0 Å². The van der Waals surface area contributed by atoms with Crippen LogP contribution in [0.15, 0.2) is 0 Å². The molecule has 3 unspecified atom stereocenters. The molecule has 16 heavy (non-hydrogen) atoms. The Morgan fingerprint density at radius 1 is 1.50 bits per heavy atom. The maximum absolute atomic E-state index is 5.90. The summed E-state index contributed by atoms with van der Waals surface area (Å²) in [5.41, 5.74) is 5.90. The Hall–Kier alpha value is -0.160. The standard InChI is InChI=1S/C12H24N2O2/c1-15-9-10-4-5-14(8-10)11(7-13)12-3-2-6-16-12/h10-12H,2-9,13H2,1H3. The molecule has 0 aromatic rings. The Bertz CT molecular complexity index is 207. The van der Waals surface area contributed by atoms with Gasteiger partial charge in [0.2, 0.25) is 0 Å². The van der Waals surface area contributed by atoms with Gasteiger partial charge >= 0.3 is 0 Å². The highest BCUT2D eigenvalue weighted by molar-refractivity contribution is 4.88. The molecular weight excluding hydrogens is 204 g/mol. The molecule has 2 saturated heterocycles. The van der Waals surface area contributed by atoms with Crippen LogP contribution in [0.3, 0.4) is 0 Å². The van der Waals surface area contributed by atoms with Crippen molar-refractivity contribution >= 4 is 0 Å². The zero-order chi connectivity index (χ0) is 11.4. The average Bonchev–Trinajstić information content (AvgIpc) is 2.92. The highest BCUT2D eigenvalue weighted by Gasteiger charge is 2.34. The summed E-state index contributed by atoms with van der Waals surface area (Å²) in [6.07, 6.45) is 3.97. The summed E-state index contributed by atoms with van der Waals surface area (Å²) < 4.78 is 11.0. The van der Waals surface area contributed by atoms with Crippen LogP contribution >= 0.6 is 0 Å². The van der Waals surface area contributed by atoms with Crippen molar-refractivity contribution in [3.63, 3.8) is 0 Å². The minimum atomic E-state index is 0.367. The third-order valence-electron chi connectivity index (χ3n) is 3.82. The molecule has 0 bridgehead atoms. The number of methoxy groups -OCH3 is 1. The van der Waals surface area contributed by atoms with Crippen molar-refractivity contribution < 1.29 is 9.47 Å². The van der Waals surface area contributed by atoms with Crippen LogP contribution in [-0.2, 0) is 9.47 Å². The van der Waals surface area contributed by atoms with Crippen molar-refractivity contribution in [3.05, 3.63) is 0 Å². The second kappa shape index (κ2) is 5.96. The molecule has 2 N–H and O–H groups in total. The number of ether oxygens (including phenoxy) is 2. The molecule has 0 saturated carbocycles. The normalized spacial score (nSPS) is 33.4. The van der Waals surface area contributed by atoms with Crippen molar-refractivity contribution in [2.75, 3.05) is 40.0 Å². The monoisotopic (exact) mass is 228 g/mol. The topological polar surface area (TPSA) is 47.7 Å². The molecule has 2 fully saturated rings. The van der Waals surface area contributed by atoms with Gasteiger partial charge in [0.05, 0.1) is 12.7 Å². The Kier molecular flexibility index (Phi) is 4.58. The van der Waals surface area contributed by atoms with Crippen LogP contribution in [-0.4, -0.2) is 57.0 Å². The molecule has 2 aliphatic rings. The summed E-state index contributed by atoms with van der Waals surface area (Å²) in [6, 6.07) is 0.421. The van der Waals surface area contributed by atoms with Gasteiger partial charge in [-0.15, -0.1) is 0 Å². The number of nitrogens with zero attached hydrogens (tertiary/aromatic N) is 1. The predicted molar refractivity (Wildman–Crippen MR) is 63.4 cm³/mol. The fourth-order valence-corrected chi connectivity index (χ4v) is 2.98. The molecule has 4 heteroatoms. The number of hydrogen-bond acceptors (Lipinski definition) is 4. The van der Waals surface area contributed by atoms with Gasteiger partial charge in [0, 0.05) is 32.8 Å². The lowest BCUT2D eigenvalue weighted by Crippen LogP contribution is -2.47. The molecule has 0 spiro atoms. The number of hydrogen-bond donors (Lipinski definition) is 1. The van der Waals surface area contributed by atoms with E-state index in [0.717, 1.165) is 26.3 Å². The third-order valence-corrected chi connectivity index (χ3v) is 3.82. The van der Waals surface area contributed by atoms with E-state index in [0.29, 0.717) is 24.6 Å². The van der Waals surface area contributed by atoms with Crippen LogP contribution in [0.25, 0.3) is 0 Å². The molecule has 4 nitrogen and oxygen atoms in total. The first-order valence-electron chi connectivity index (χ1n) is 6.39. The summed E-state index contributed by atoms with van der Waals surface area (Å²) in [5.74, 6) is 0.681. The van der Waals surface area contributed by atoms with Gasteiger partial charge < -0.3 is 15.2 Å². The van der Waals surface area contributed by atoms with Crippen molar-refractivity contribution in [3.8, 4) is 0 Å². The molecule has 0 aromatic heterocycles. The second-order valence-electron chi connectivity index (χ2n) is 4.96. The zero-order valence-corrected chi connectivity index (χ0v) is 10.2. The first kappa shape index (κ1) is 12.3. The Morgan fingerprint density at radius 2 is 2.38 bits per heavy atom. The van der Waals surface area contributed by atoms with E-state index in [1.54, 1.807) is 7.11 Å². The first-order valence-corrected chi connectivity index (χ1v) is 6.39. The molecule has 0 amide bonds. The van der Waals surface area contributed by atoms with Crippen molar-refractivity contribution in [1.29, 1.82) is 0 Å². The van der Waals surface area contributed by atoms with Gasteiger partial charge in [-0.3, -0.25) is 4.90 Å². The molecular formula is C12H24N2O2. The predicted octanol–water partition coefficient (Wildman–Crippen LogP) is 0.461. The molecule has 2 heterocycles. The third kappa shape index (κ3) is 2.74. The van der Waals surface area contributed by atoms with Crippen molar-refractivity contribution in [2.24, 2.45) is 11.7 Å². The summed E-state index contributed by atoms with van der Waals surface area (Å²) in [7, 11) is 1.78. The quantitative estimate of drug-likeness (QED) is 0.743. The van der Waals surface area contributed by atoms with Gasteiger partial charge in [-0.1, -0.05) is 0 Å². The number of likely N-dealkylation sites (tertiary alicyclic amines) is 1. The largest absolute Gasteiger partial charge is 0.384 e. The van der Waals surface area contributed by atoms with E-state index in [2.05, 4.69) is 4.90 Å². The second-order valence-corrected chi connectivity index (χ2v) is 4.96.